The fraction of sp³-hybridized carbons (Fsp3) is 0.571. The molecule has 1 unspecified atom stereocenters. The molecule has 0 saturated heterocycles. The number of nitrogen functional groups attached to an aromatic ring is 2. The Morgan fingerprint density at radius 2 is 0.977 bits per heavy atom. The Hall–Kier alpha value is -2.68. The molecule has 2 aromatic carbocycles. The van der Waals surface area contributed by atoms with Gasteiger partial charge in [-0.25, -0.2) is 0 Å². The summed E-state index contributed by atoms with van der Waals surface area (Å²) in [6, 6.07) is 12.3. The molecule has 0 aliphatic rings. The van der Waals surface area contributed by atoms with Crippen LogP contribution in [0.2, 0.25) is 0 Å². The maximum absolute atomic E-state index is 14.1. The van der Waals surface area contributed by atoms with E-state index >= 15 is 0 Å². The van der Waals surface area contributed by atoms with Crippen LogP contribution in [0.1, 0.15) is 125 Å². The topological polar surface area (TPSA) is 161 Å². The molecule has 2 rings (SSSR count). The number of anilines is 2. The van der Waals surface area contributed by atoms with Crippen molar-refractivity contribution in [2.45, 2.75) is 105 Å². The first-order valence-corrected chi connectivity index (χ1v) is 17.3. The number of rotatable bonds is 20. The Morgan fingerprint density at radius 3 is 1.27 bits per heavy atom. The van der Waals surface area contributed by atoms with Crippen LogP contribution in [0.15, 0.2) is 48.5 Å². The van der Waals surface area contributed by atoms with Crippen molar-refractivity contribution in [2.24, 2.45) is 23.2 Å². The fourth-order valence-electron chi connectivity index (χ4n) is 5.90. The standard InChI is InChI=1S/C35H52N2O4.H2O.O.Ti/c1-25(2)15-13-11-9-7-5-6-8-10-12-14-16-31(26(3)4)35(34(40)41,32(38)27-17-21-29(36)22-18-27)33(39)28-19-23-30(37)24-20-28;;;/h17-26,31H,5-16,36-37H2,1-4H3,(H,40,41);1H2;;/q;;;+1/p-1. The summed E-state index contributed by atoms with van der Waals surface area (Å²) >= 11 is -1.75. The van der Waals surface area contributed by atoms with E-state index in [2.05, 4.69) is 13.8 Å². The second-order valence-electron chi connectivity index (χ2n) is 12.5. The number of Topliss-reactive ketones (excluding diaryl/α,β-unsaturated/α-hetero) is 2. The van der Waals surface area contributed by atoms with Gasteiger partial charge in [0.05, 0.1) is 0 Å². The van der Waals surface area contributed by atoms with E-state index in [1.807, 2.05) is 13.8 Å². The summed E-state index contributed by atoms with van der Waals surface area (Å²) in [7, 11) is 0. The van der Waals surface area contributed by atoms with E-state index in [-0.39, 0.29) is 17.0 Å². The number of aliphatic carboxylic acids is 1. The number of carboxylic acid groups (broad SMARTS) is 1. The average Bonchev–Trinajstić information content (AvgIpc) is 2.97. The van der Waals surface area contributed by atoms with Crippen LogP contribution in [0, 0.1) is 23.2 Å². The van der Waals surface area contributed by atoms with Gasteiger partial charge < -0.3 is 16.6 Å². The van der Waals surface area contributed by atoms with Crippen LogP contribution in [-0.2, 0) is 27.6 Å². The molecule has 9 heteroatoms. The van der Waals surface area contributed by atoms with Gasteiger partial charge in [-0.15, -0.1) is 0 Å². The quantitative estimate of drug-likeness (QED) is 0.0371. The van der Waals surface area contributed by atoms with Crippen LogP contribution >= 0.6 is 0 Å². The zero-order chi connectivity index (χ0) is 33.1. The number of nitrogens with two attached hydrogens (primary N) is 2. The molecule has 243 valence electrons. The number of carboxylic acids is 1. The normalized spacial score (nSPS) is 11.9. The van der Waals surface area contributed by atoms with Crippen molar-refractivity contribution in [1.82, 2.24) is 0 Å². The summed E-state index contributed by atoms with van der Waals surface area (Å²) in [5.74, 6) is -2.90. The minimum atomic E-state index is -2.25. The molecule has 0 fully saturated rings. The van der Waals surface area contributed by atoms with Crippen molar-refractivity contribution in [1.29, 1.82) is 0 Å². The van der Waals surface area contributed by atoms with E-state index in [9.17, 15) is 19.5 Å². The average molecular weight is 646 g/mol. The molecule has 0 aromatic heterocycles. The Bertz CT molecular complexity index is 1090. The molecule has 0 saturated carbocycles. The van der Waals surface area contributed by atoms with Gasteiger partial charge in [0.15, 0.2) is 17.0 Å². The van der Waals surface area contributed by atoms with Gasteiger partial charge in [-0.2, -0.15) is 0 Å². The van der Waals surface area contributed by atoms with E-state index < -0.39 is 48.4 Å². The number of carbonyl (C=O) groups excluding carboxylic acids is 2. The summed E-state index contributed by atoms with van der Waals surface area (Å²) in [6.45, 7) is 8.35. The monoisotopic (exact) mass is 645 g/mol. The molecule has 0 radical (unpaired) electrons. The number of hydrogen-bond donors (Lipinski definition) is 4. The Morgan fingerprint density at radius 1 is 0.659 bits per heavy atom. The number of ketones is 2. The van der Waals surface area contributed by atoms with Crippen LogP contribution in [-0.4, -0.2) is 26.3 Å². The summed E-state index contributed by atoms with van der Waals surface area (Å²) in [4.78, 5) is 41.4. The first-order valence-electron chi connectivity index (χ1n) is 16.0. The summed E-state index contributed by atoms with van der Waals surface area (Å²) in [6.07, 6.45) is 13.4. The molecule has 8 nitrogen and oxygen atoms in total. The minimum absolute atomic E-state index is 0.167. The SMILES string of the molecule is CC(C)CCCCCCCCCCCCC(C(C)C)C(C(=O)O)(C(=O)c1ccc(N)cc1)C(=O)c1ccc(N)cc1.[O]=[Ti][OH]. The summed E-state index contributed by atoms with van der Waals surface area (Å²) in [5.41, 5.74) is 10.6. The molecular formula is C35H53N2O6Ti. The molecule has 0 bridgehead atoms. The van der Waals surface area contributed by atoms with Gasteiger partial charge in [0, 0.05) is 22.5 Å². The van der Waals surface area contributed by atoms with Crippen LogP contribution < -0.4 is 11.5 Å². The third-order valence-electron chi connectivity index (χ3n) is 8.31. The van der Waals surface area contributed by atoms with Gasteiger partial charge in [0.1, 0.15) is 0 Å². The molecule has 44 heavy (non-hydrogen) atoms. The molecule has 0 amide bonds. The second kappa shape index (κ2) is 21.1. The first-order chi connectivity index (χ1) is 20.9. The van der Waals surface area contributed by atoms with E-state index in [0.29, 0.717) is 17.8 Å². The molecule has 2 aromatic rings. The third-order valence-corrected chi connectivity index (χ3v) is 8.31. The molecular weight excluding hydrogens is 592 g/mol. The van der Waals surface area contributed by atoms with Gasteiger partial charge in [-0.05, 0) is 72.7 Å². The number of benzene rings is 2. The van der Waals surface area contributed by atoms with Crippen molar-refractivity contribution in [2.75, 3.05) is 11.5 Å². The van der Waals surface area contributed by atoms with Gasteiger partial charge in [0.2, 0.25) is 0 Å². The molecule has 1 atom stereocenters. The summed E-state index contributed by atoms with van der Waals surface area (Å²) < 4.78 is 15.8. The fourth-order valence-corrected chi connectivity index (χ4v) is 5.90. The van der Waals surface area contributed by atoms with Crippen molar-refractivity contribution >= 4 is 28.9 Å². The van der Waals surface area contributed by atoms with Crippen molar-refractivity contribution in [3.05, 3.63) is 59.7 Å². The third kappa shape index (κ3) is 12.4. The van der Waals surface area contributed by atoms with E-state index in [4.69, 9.17) is 18.5 Å². The predicted molar refractivity (Wildman–Crippen MR) is 172 cm³/mol. The number of carbonyl (C=O) groups is 3. The van der Waals surface area contributed by atoms with E-state index in [1.165, 1.54) is 69.2 Å². The van der Waals surface area contributed by atoms with Gasteiger partial charge in [0.25, 0.3) is 0 Å². The maximum atomic E-state index is 14.1. The van der Waals surface area contributed by atoms with Crippen molar-refractivity contribution in [3.8, 4) is 0 Å². The molecule has 0 aliphatic heterocycles. The van der Waals surface area contributed by atoms with Gasteiger partial charge in [-0.1, -0.05) is 98.3 Å². The molecule has 0 heterocycles. The number of hydrogen-bond acceptors (Lipinski definition) is 6. The summed E-state index contributed by atoms with van der Waals surface area (Å²) in [5, 5.41) is 10.7. The van der Waals surface area contributed by atoms with E-state index in [0.717, 1.165) is 31.6 Å². The molecule has 0 aliphatic carbocycles. The van der Waals surface area contributed by atoms with Crippen LogP contribution in [0.25, 0.3) is 0 Å². The predicted octanol–water partition coefficient (Wildman–Crippen LogP) is 7.92. The first kappa shape index (κ1) is 39.3. The Balaban J connectivity index is 0.00000309. The molecule has 6 N–H and O–H groups in total. The van der Waals surface area contributed by atoms with Crippen LogP contribution in [0.4, 0.5) is 11.4 Å². The van der Waals surface area contributed by atoms with E-state index in [1.54, 1.807) is 24.3 Å². The van der Waals surface area contributed by atoms with Crippen LogP contribution in [0.3, 0.4) is 0 Å². The van der Waals surface area contributed by atoms with Crippen molar-refractivity contribution in [3.63, 3.8) is 0 Å². The number of unbranched alkanes of at least 4 members (excludes halogenated alkanes) is 9. The van der Waals surface area contributed by atoms with Gasteiger partial charge >= 0.3 is 32.5 Å². The second-order valence-corrected chi connectivity index (χ2v) is 12.7. The Labute approximate surface area is 273 Å². The van der Waals surface area contributed by atoms with Crippen LogP contribution in [0.5, 0.6) is 0 Å². The Kier molecular flexibility index (Phi) is 18.9. The zero-order valence-electron chi connectivity index (χ0n) is 27.0. The van der Waals surface area contributed by atoms with Crippen molar-refractivity contribution < 1.29 is 46.0 Å². The van der Waals surface area contributed by atoms with Gasteiger partial charge in [-0.3, -0.25) is 14.4 Å². The molecule has 0 spiro atoms. The zero-order valence-corrected chi connectivity index (χ0v) is 28.6.